The molecule has 0 aliphatic heterocycles. The molecule has 2 heterocycles. The van der Waals surface area contributed by atoms with Gasteiger partial charge in [0.25, 0.3) is 0 Å². The minimum atomic E-state index is -0.446. The number of anilines is 2. The second-order valence-electron chi connectivity index (χ2n) is 10.9. The fourth-order valence-electron chi connectivity index (χ4n) is 5.15. The molecule has 2 unspecified atom stereocenters. The predicted molar refractivity (Wildman–Crippen MR) is 159 cm³/mol. The Hall–Kier alpha value is -3.88. The van der Waals surface area contributed by atoms with Crippen molar-refractivity contribution in [2.45, 2.75) is 45.2 Å². The van der Waals surface area contributed by atoms with Gasteiger partial charge in [-0.15, -0.1) is 0 Å². The zero-order valence-electron chi connectivity index (χ0n) is 22.3. The van der Waals surface area contributed by atoms with Crippen molar-refractivity contribution in [3.8, 4) is 11.1 Å². The van der Waals surface area contributed by atoms with Gasteiger partial charge in [0.05, 0.1) is 33.7 Å². The normalized spacial score (nSPS) is 20.8. The number of fused-ring (bicyclic) bond motifs is 1. The molecule has 202 valence electrons. The van der Waals surface area contributed by atoms with E-state index in [0.29, 0.717) is 10.6 Å². The molecule has 5 rings (SSSR count). The highest BCUT2D eigenvalue weighted by Gasteiger charge is 2.49. The molecule has 4 aromatic rings. The fourth-order valence-corrected chi connectivity index (χ4v) is 5.31. The molecule has 0 radical (unpaired) electrons. The number of amidine groups is 1. The highest BCUT2D eigenvalue weighted by atomic mass is 35.5. The van der Waals surface area contributed by atoms with Crippen LogP contribution in [-0.4, -0.2) is 27.0 Å². The SMILES string of the molecule is C=CNc1ccc(-c2cc3c(NC4CCC(C)(N)C4(C)C)c(C(N)=Nc4cc(F)ccc4Cl)cnn3c2)cc1. The quantitative estimate of drug-likeness (QED) is 0.153. The third kappa shape index (κ3) is 4.97. The maximum Gasteiger partial charge on any atom is 0.135 e. The Balaban J connectivity index is 1.63. The first-order valence-electron chi connectivity index (χ1n) is 12.8. The maximum atomic E-state index is 13.9. The van der Waals surface area contributed by atoms with Crippen LogP contribution in [0.4, 0.5) is 21.5 Å². The highest BCUT2D eigenvalue weighted by molar-refractivity contribution is 6.33. The Bertz CT molecular complexity index is 1570. The Morgan fingerprint density at radius 1 is 1.18 bits per heavy atom. The van der Waals surface area contributed by atoms with Gasteiger partial charge < -0.3 is 22.1 Å². The van der Waals surface area contributed by atoms with Crippen LogP contribution in [0.3, 0.4) is 0 Å². The van der Waals surface area contributed by atoms with Gasteiger partial charge in [0.15, 0.2) is 0 Å². The third-order valence-electron chi connectivity index (χ3n) is 8.16. The fraction of sp³-hybridized carbons (Fsp3) is 0.267. The Kier molecular flexibility index (Phi) is 6.86. The summed E-state index contributed by atoms with van der Waals surface area (Å²) in [6, 6.07) is 14.2. The predicted octanol–water partition coefficient (Wildman–Crippen LogP) is 6.70. The van der Waals surface area contributed by atoms with Crippen LogP contribution in [0.15, 0.2) is 78.7 Å². The van der Waals surface area contributed by atoms with Gasteiger partial charge in [-0.25, -0.2) is 13.9 Å². The van der Waals surface area contributed by atoms with E-state index in [0.717, 1.165) is 40.9 Å². The summed E-state index contributed by atoms with van der Waals surface area (Å²) in [5, 5.41) is 11.8. The maximum absolute atomic E-state index is 13.9. The molecule has 0 spiro atoms. The van der Waals surface area contributed by atoms with Gasteiger partial charge in [-0.2, -0.15) is 5.10 Å². The van der Waals surface area contributed by atoms with Gasteiger partial charge in [0, 0.05) is 40.5 Å². The van der Waals surface area contributed by atoms with Crippen LogP contribution in [0.5, 0.6) is 0 Å². The summed E-state index contributed by atoms with van der Waals surface area (Å²) in [4.78, 5) is 4.48. The molecular formula is C30H33ClFN7. The Morgan fingerprint density at radius 2 is 1.92 bits per heavy atom. The lowest BCUT2D eigenvalue weighted by Crippen LogP contribution is -2.51. The van der Waals surface area contributed by atoms with E-state index in [1.165, 1.54) is 18.2 Å². The number of rotatable bonds is 7. The number of halogens is 2. The van der Waals surface area contributed by atoms with E-state index < -0.39 is 5.82 Å². The van der Waals surface area contributed by atoms with E-state index in [4.69, 9.17) is 23.1 Å². The third-order valence-corrected chi connectivity index (χ3v) is 8.48. The van der Waals surface area contributed by atoms with Gasteiger partial charge in [-0.1, -0.05) is 44.2 Å². The smallest absolute Gasteiger partial charge is 0.135 e. The molecule has 2 aromatic heterocycles. The van der Waals surface area contributed by atoms with Crippen LogP contribution in [0.2, 0.25) is 5.02 Å². The zero-order chi connectivity index (χ0) is 27.9. The first-order chi connectivity index (χ1) is 18.5. The lowest BCUT2D eigenvalue weighted by Gasteiger charge is -2.39. The Labute approximate surface area is 232 Å². The monoisotopic (exact) mass is 545 g/mol. The topological polar surface area (TPSA) is 106 Å². The standard InChI is InChI=1S/C30H33ClFN7/c1-5-35-21-9-6-18(7-10-21)19-14-25-27(38-26-12-13-30(4,34)29(26,2)3)22(16-36-39(25)17-19)28(33)37-24-15-20(32)8-11-23(24)31/h5-11,14-17,26,35,38H,1,12-13,34H2,2-4H3,(H2,33,37). The number of hydrogen-bond acceptors (Lipinski definition) is 5. The van der Waals surface area contributed by atoms with Crippen LogP contribution in [-0.2, 0) is 0 Å². The van der Waals surface area contributed by atoms with Crippen LogP contribution in [0, 0.1) is 11.2 Å². The molecule has 1 fully saturated rings. The number of benzene rings is 2. The zero-order valence-corrected chi connectivity index (χ0v) is 23.1. The second-order valence-corrected chi connectivity index (χ2v) is 11.3. The van der Waals surface area contributed by atoms with Crippen molar-refractivity contribution in [1.29, 1.82) is 0 Å². The minimum absolute atomic E-state index is 0.0746. The van der Waals surface area contributed by atoms with Gasteiger partial charge in [-0.3, -0.25) is 0 Å². The summed E-state index contributed by atoms with van der Waals surface area (Å²) < 4.78 is 15.8. The van der Waals surface area contributed by atoms with Gasteiger partial charge >= 0.3 is 0 Å². The lowest BCUT2D eigenvalue weighted by atomic mass is 9.75. The van der Waals surface area contributed by atoms with Crippen LogP contribution in [0.1, 0.15) is 39.2 Å². The molecular weight excluding hydrogens is 513 g/mol. The van der Waals surface area contributed by atoms with Crippen molar-refractivity contribution in [2.24, 2.45) is 21.9 Å². The number of aromatic nitrogens is 2. The lowest BCUT2D eigenvalue weighted by molar-refractivity contribution is 0.215. The molecule has 2 aromatic carbocycles. The summed E-state index contributed by atoms with van der Waals surface area (Å²) >= 11 is 6.28. The van der Waals surface area contributed by atoms with E-state index in [1.807, 2.05) is 35.0 Å². The van der Waals surface area contributed by atoms with E-state index >= 15 is 0 Å². The molecule has 6 N–H and O–H groups in total. The van der Waals surface area contributed by atoms with Gasteiger partial charge in [0.2, 0.25) is 0 Å². The van der Waals surface area contributed by atoms with E-state index in [9.17, 15) is 4.39 Å². The van der Waals surface area contributed by atoms with E-state index in [1.54, 1.807) is 12.4 Å². The first kappa shape index (κ1) is 26.7. The molecule has 39 heavy (non-hydrogen) atoms. The summed E-state index contributed by atoms with van der Waals surface area (Å²) in [7, 11) is 0. The van der Waals surface area contributed by atoms with E-state index in [-0.39, 0.29) is 28.5 Å². The number of nitrogens with zero attached hydrogens (tertiary/aromatic N) is 3. The minimum Gasteiger partial charge on any atom is -0.383 e. The molecule has 1 aliphatic carbocycles. The first-order valence-corrected chi connectivity index (χ1v) is 13.2. The molecule has 9 heteroatoms. The molecule has 0 saturated heterocycles. The van der Waals surface area contributed by atoms with Gasteiger partial charge in [0.1, 0.15) is 11.7 Å². The largest absolute Gasteiger partial charge is 0.383 e. The summed E-state index contributed by atoms with van der Waals surface area (Å²) in [5.41, 5.74) is 18.1. The summed E-state index contributed by atoms with van der Waals surface area (Å²) in [5.74, 6) is -0.271. The van der Waals surface area contributed by atoms with Gasteiger partial charge in [-0.05, 0) is 61.9 Å². The van der Waals surface area contributed by atoms with Crippen molar-refractivity contribution >= 4 is 40.0 Å². The second kappa shape index (κ2) is 10.0. The molecule has 1 aliphatic rings. The summed E-state index contributed by atoms with van der Waals surface area (Å²) in [6.45, 7) is 10.2. The number of nitrogens with two attached hydrogens (primary N) is 2. The molecule has 1 saturated carbocycles. The molecule has 0 amide bonds. The summed E-state index contributed by atoms with van der Waals surface area (Å²) in [6.07, 6.45) is 7.07. The van der Waals surface area contributed by atoms with Crippen LogP contribution in [0.25, 0.3) is 16.6 Å². The number of nitrogens with one attached hydrogen (secondary N) is 2. The van der Waals surface area contributed by atoms with Crippen molar-refractivity contribution in [2.75, 3.05) is 10.6 Å². The van der Waals surface area contributed by atoms with E-state index in [2.05, 4.69) is 54.1 Å². The molecule has 2 atom stereocenters. The van der Waals surface area contributed by atoms with Crippen molar-refractivity contribution in [1.82, 2.24) is 9.61 Å². The number of hydrogen-bond donors (Lipinski definition) is 4. The highest BCUT2D eigenvalue weighted by Crippen LogP contribution is 2.46. The van der Waals surface area contributed by atoms with Crippen LogP contribution >= 0.6 is 11.6 Å². The average molecular weight is 546 g/mol. The average Bonchev–Trinajstić information content (AvgIpc) is 3.41. The molecule has 7 nitrogen and oxygen atoms in total. The van der Waals surface area contributed by atoms with Crippen molar-refractivity contribution < 1.29 is 4.39 Å². The van der Waals surface area contributed by atoms with Crippen LogP contribution < -0.4 is 22.1 Å². The van der Waals surface area contributed by atoms with Crippen molar-refractivity contribution in [3.05, 3.63) is 90.1 Å². The molecule has 0 bridgehead atoms. The Morgan fingerprint density at radius 3 is 2.59 bits per heavy atom. The number of aliphatic imine (C=N–C) groups is 1. The van der Waals surface area contributed by atoms with Crippen molar-refractivity contribution in [3.63, 3.8) is 0 Å².